The van der Waals surface area contributed by atoms with E-state index < -0.39 is 17.4 Å². The fourth-order valence-electron chi connectivity index (χ4n) is 3.20. The van der Waals surface area contributed by atoms with Gasteiger partial charge in [0.1, 0.15) is 5.75 Å². The third kappa shape index (κ3) is 4.98. The highest BCUT2D eigenvalue weighted by atomic mass is 16.5. The van der Waals surface area contributed by atoms with E-state index in [1.165, 1.54) is 0 Å². The van der Waals surface area contributed by atoms with Crippen molar-refractivity contribution in [2.24, 2.45) is 5.92 Å². The number of para-hydroxylation sites is 1. The normalized spacial score (nSPS) is 24.0. The third-order valence-corrected chi connectivity index (χ3v) is 4.49. The van der Waals surface area contributed by atoms with Gasteiger partial charge in [-0.05, 0) is 38.3 Å². The van der Waals surface area contributed by atoms with Gasteiger partial charge in [-0.3, -0.25) is 9.59 Å². The van der Waals surface area contributed by atoms with Crippen LogP contribution in [0.15, 0.2) is 30.3 Å². The number of amides is 1. The quantitative estimate of drug-likeness (QED) is 0.758. The molecule has 2 N–H and O–H groups in total. The zero-order valence-electron chi connectivity index (χ0n) is 13.6. The first kappa shape index (κ1) is 17.3. The maximum absolute atomic E-state index is 12.1. The van der Waals surface area contributed by atoms with E-state index in [1.54, 1.807) is 0 Å². The van der Waals surface area contributed by atoms with Crippen molar-refractivity contribution in [2.75, 3.05) is 6.61 Å². The molecule has 0 radical (unpaired) electrons. The molecule has 5 heteroatoms. The Morgan fingerprint density at radius 3 is 2.74 bits per heavy atom. The molecule has 126 valence electrons. The number of ether oxygens (including phenoxy) is 1. The van der Waals surface area contributed by atoms with Gasteiger partial charge in [-0.25, -0.2) is 0 Å². The summed E-state index contributed by atoms with van der Waals surface area (Å²) in [4.78, 5) is 23.5. The molecule has 1 aromatic rings. The van der Waals surface area contributed by atoms with Gasteiger partial charge in [-0.2, -0.15) is 0 Å². The van der Waals surface area contributed by atoms with Gasteiger partial charge in [-0.1, -0.05) is 31.0 Å². The van der Waals surface area contributed by atoms with Crippen LogP contribution in [0.5, 0.6) is 5.75 Å². The first-order valence-corrected chi connectivity index (χ1v) is 8.23. The molecule has 5 nitrogen and oxygen atoms in total. The van der Waals surface area contributed by atoms with E-state index in [2.05, 4.69) is 5.32 Å². The highest BCUT2D eigenvalue weighted by molar-refractivity contribution is 5.79. The summed E-state index contributed by atoms with van der Waals surface area (Å²) in [5.41, 5.74) is -0.637. The van der Waals surface area contributed by atoms with Gasteiger partial charge in [-0.15, -0.1) is 0 Å². The smallest absolute Gasteiger partial charge is 0.308 e. The second kappa shape index (κ2) is 7.99. The van der Waals surface area contributed by atoms with E-state index in [4.69, 9.17) is 4.74 Å². The Kier molecular flexibility index (Phi) is 6.02. The monoisotopic (exact) mass is 319 g/mol. The second-order valence-corrected chi connectivity index (χ2v) is 6.37. The number of carboxylic acids is 1. The Morgan fingerprint density at radius 2 is 2.04 bits per heavy atom. The summed E-state index contributed by atoms with van der Waals surface area (Å²) in [6, 6.07) is 9.47. The Balaban J connectivity index is 1.76. The molecule has 0 aliphatic heterocycles. The maximum Gasteiger partial charge on any atom is 0.308 e. The summed E-state index contributed by atoms with van der Waals surface area (Å²) in [6.07, 6.45) is 4.16. The number of hydrogen-bond donors (Lipinski definition) is 2. The van der Waals surface area contributed by atoms with Gasteiger partial charge in [0, 0.05) is 6.42 Å². The van der Waals surface area contributed by atoms with E-state index in [-0.39, 0.29) is 5.91 Å². The zero-order valence-corrected chi connectivity index (χ0v) is 13.6. The molecule has 0 saturated heterocycles. The van der Waals surface area contributed by atoms with Gasteiger partial charge in [0.05, 0.1) is 18.1 Å². The SMILES string of the molecule is CC1(NC(=O)CCCOc2ccccc2)CCCCC1C(=O)O. The molecule has 1 aliphatic carbocycles. The molecule has 1 saturated carbocycles. The zero-order chi connectivity index (χ0) is 16.7. The first-order chi connectivity index (χ1) is 11.0. The number of aliphatic carboxylic acids is 1. The van der Waals surface area contributed by atoms with Crippen LogP contribution < -0.4 is 10.1 Å². The van der Waals surface area contributed by atoms with Crippen molar-refractivity contribution in [3.05, 3.63) is 30.3 Å². The number of nitrogens with one attached hydrogen (secondary N) is 1. The molecule has 2 atom stereocenters. The molecule has 1 aromatic carbocycles. The lowest BCUT2D eigenvalue weighted by Crippen LogP contribution is -2.55. The fraction of sp³-hybridized carbons (Fsp3) is 0.556. The van der Waals surface area contributed by atoms with Crippen molar-refractivity contribution in [3.63, 3.8) is 0 Å². The van der Waals surface area contributed by atoms with E-state index in [9.17, 15) is 14.7 Å². The molecule has 1 amide bonds. The Morgan fingerprint density at radius 1 is 1.30 bits per heavy atom. The van der Waals surface area contributed by atoms with Gasteiger partial charge in [0.25, 0.3) is 0 Å². The second-order valence-electron chi connectivity index (χ2n) is 6.37. The number of benzene rings is 1. The van der Waals surface area contributed by atoms with E-state index in [0.717, 1.165) is 25.0 Å². The first-order valence-electron chi connectivity index (χ1n) is 8.23. The van der Waals surface area contributed by atoms with Crippen molar-refractivity contribution in [2.45, 2.75) is 51.0 Å². The van der Waals surface area contributed by atoms with Gasteiger partial charge < -0.3 is 15.2 Å². The Bertz CT molecular complexity index is 531. The molecule has 2 unspecified atom stereocenters. The van der Waals surface area contributed by atoms with Crippen LogP contribution in [-0.4, -0.2) is 29.1 Å². The lowest BCUT2D eigenvalue weighted by atomic mass is 9.74. The van der Waals surface area contributed by atoms with Crippen molar-refractivity contribution in [3.8, 4) is 5.75 Å². The van der Waals surface area contributed by atoms with Crippen LogP contribution in [0.3, 0.4) is 0 Å². The standard InChI is InChI=1S/C18H25NO4/c1-18(12-6-5-10-15(18)17(21)22)19-16(20)11-7-13-23-14-8-3-2-4-9-14/h2-4,8-9,15H,5-7,10-13H2,1H3,(H,19,20)(H,21,22). The molecule has 0 bridgehead atoms. The molecule has 0 spiro atoms. The number of carboxylic acid groups (broad SMARTS) is 1. The van der Waals surface area contributed by atoms with Gasteiger partial charge >= 0.3 is 5.97 Å². The summed E-state index contributed by atoms with van der Waals surface area (Å²) in [5.74, 6) is -0.629. The molecule has 2 rings (SSSR count). The molecular formula is C18H25NO4. The number of hydrogen-bond acceptors (Lipinski definition) is 3. The van der Waals surface area contributed by atoms with Crippen LogP contribution in [0, 0.1) is 5.92 Å². The third-order valence-electron chi connectivity index (χ3n) is 4.49. The average Bonchev–Trinajstić information content (AvgIpc) is 2.52. The van der Waals surface area contributed by atoms with Crippen molar-refractivity contribution in [1.29, 1.82) is 0 Å². The molecular weight excluding hydrogens is 294 g/mol. The lowest BCUT2D eigenvalue weighted by molar-refractivity contribution is -0.146. The summed E-state index contributed by atoms with van der Waals surface area (Å²) >= 11 is 0. The largest absolute Gasteiger partial charge is 0.494 e. The average molecular weight is 319 g/mol. The lowest BCUT2D eigenvalue weighted by Gasteiger charge is -2.39. The van der Waals surface area contributed by atoms with Gasteiger partial charge in [0.2, 0.25) is 5.91 Å². The van der Waals surface area contributed by atoms with Crippen LogP contribution in [0.4, 0.5) is 0 Å². The van der Waals surface area contributed by atoms with Crippen LogP contribution in [0.1, 0.15) is 45.4 Å². The predicted molar refractivity (Wildman–Crippen MR) is 87.3 cm³/mol. The minimum Gasteiger partial charge on any atom is -0.494 e. The molecule has 23 heavy (non-hydrogen) atoms. The fourth-order valence-corrected chi connectivity index (χ4v) is 3.20. The number of carbonyl (C=O) groups excluding carboxylic acids is 1. The Hall–Kier alpha value is -2.04. The van der Waals surface area contributed by atoms with Crippen LogP contribution in [0.2, 0.25) is 0 Å². The topological polar surface area (TPSA) is 75.6 Å². The van der Waals surface area contributed by atoms with E-state index in [1.807, 2.05) is 37.3 Å². The van der Waals surface area contributed by atoms with Crippen molar-refractivity contribution < 1.29 is 19.4 Å². The van der Waals surface area contributed by atoms with Crippen LogP contribution in [0.25, 0.3) is 0 Å². The molecule has 1 aliphatic rings. The van der Waals surface area contributed by atoms with E-state index >= 15 is 0 Å². The number of carbonyl (C=O) groups is 2. The Labute approximate surface area is 137 Å². The van der Waals surface area contributed by atoms with Crippen LogP contribution >= 0.6 is 0 Å². The molecule has 0 aromatic heterocycles. The van der Waals surface area contributed by atoms with Crippen LogP contribution in [-0.2, 0) is 9.59 Å². The van der Waals surface area contributed by atoms with E-state index in [0.29, 0.717) is 25.9 Å². The summed E-state index contributed by atoms with van der Waals surface area (Å²) in [5, 5.41) is 12.3. The summed E-state index contributed by atoms with van der Waals surface area (Å²) < 4.78 is 5.56. The summed E-state index contributed by atoms with van der Waals surface area (Å²) in [6.45, 7) is 2.32. The van der Waals surface area contributed by atoms with Crippen molar-refractivity contribution in [1.82, 2.24) is 5.32 Å². The van der Waals surface area contributed by atoms with Gasteiger partial charge in [0.15, 0.2) is 0 Å². The number of rotatable bonds is 7. The highest BCUT2D eigenvalue weighted by Gasteiger charge is 2.41. The molecule has 1 fully saturated rings. The minimum atomic E-state index is -0.820. The van der Waals surface area contributed by atoms with Crippen molar-refractivity contribution >= 4 is 11.9 Å². The molecule has 0 heterocycles. The minimum absolute atomic E-state index is 0.0997. The predicted octanol–water partition coefficient (Wildman–Crippen LogP) is 3.00. The highest BCUT2D eigenvalue weighted by Crippen LogP contribution is 2.33. The summed E-state index contributed by atoms with van der Waals surface area (Å²) in [7, 11) is 0. The maximum atomic E-state index is 12.1.